The normalized spacial score (nSPS) is 21.5. The molecular formula is C14H17IN2. The van der Waals surface area contributed by atoms with Crippen molar-refractivity contribution in [3.63, 3.8) is 0 Å². The molecule has 0 fully saturated rings. The third kappa shape index (κ3) is 1.95. The first kappa shape index (κ1) is 11.4. The van der Waals surface area contributed by atoms with Crippen LogP contribution in [0.2, 0.25) is 0 Å². The first-order valence-corrected chi connectivity index (χ1v) is 10.3. The molecule has 0 saturated carbocycles. The molecule has 2 nitrogen and oxygen atoms in total. The summed E-state index contributed by atoms with van der Waals surface area (Å²) in [5, 5.41) is 3.48. The number of halogens is 1. The quantitative estimate of drug-likeness (QED) is 0.617. The zero-order valence-corrected chi connectivity index (χ0v) is 12.4. The second-order valence-corrected chi connectivity index (χ2v) is 9.49. The fraction of sp³-hybridized carbons (Fsp3) is 0.357. The van der Waals surface area contributed by atoms with Gasteiger partial charge in [0.25, 0.3) is 0 Å². The van der Waals surface area contributed by atoms with Crippen molar-refractivity contribution in [1.29, 1.82) is 0 Å². The molecule has 0 aliphatic carbocycles. The Morgan fingerprint density at radius 3 is 2.88 bits per heavy atom. The van der Waals surface area contributed by atoms with Crippen LogP contribution >= 0.6 is 19.8 Å². The van der Waals surface area contributed by atoms with E-state index in [0.717, 1.165) is 19.5 Å². The molecule has 90 valence electrons. The van der Waals surface area contributed by atoms with Gasteiger partial charge < -0.3 is 0 Å². The average Bonchev–Trinajstić information content (AvgIpc) is 2.68. The maximum atomic E-state index is 4.95. The summed E-state index contributed by atoms with van der Waals surface area (Å²) in [6.45, 7) is 4.36. The van der Waals surface area contributed by atoms with Crippen molar-refractivity contribution in [2.24, 2.45) is 4.99 Å². The van der Waals surface area contributed by atoms with Crippen LogP contribution in [0.3, 0.4) is 0 Å². The van der Waals surface area contributed by atoms with E-state index in [1.54, 1.807) is 3.58 Å². The molecular weight excluding hydrogens is 323 g/mol. The predicted octanol–water partition coefficient (Wildman–Crippen LogP) is 3.10. The van der Waals surface area contributed by atoms with Gasteiger partial charge >= 0.3 is 110 Å². The second kappa shape index (κ2) is 4.53. The van der Waals surface area contributed by atoms with Gasteiger partial charge in [-0.2, -0.15) is 0 Å². The fourth-order valence-electron chi connectivity index (χ4n) is 2.33. The molecule has 0 aromatic heterocycles. The van der Waals surface area contributed by atoms with Crippen molar-refractivity contribution >= 4 is 23.5 Å². The van der Waals surface area contributed by atoms with Crippen LogP contribution in [0.5, 0.6) is 0 Å². The van der Waals surface area contributed by atoms with Crippen molar-refractivity contribution < 1.29 is 0 Å². The van der Waals surface area contributed by atoms with Crippen LogP contribution in [0.15, 0.2) is 38.5 Å². The number of nitrogens with zero attached hydrogens (tertiary/aromatic N) is 1. The standard InChI is InChI=1S/C14H17IN2/c1-10-5-3-4-6-11(10)14-15(2)12-9-16-8-7-13(12)17-14/h3-6,16H,7-9H2,1-2H3. The molecule has 0 unspecified atom stereocenters. The average molecular weight is 340 g/mol. The molecule has 17 heavy (non-hydrogen) atoms. The third-order valence-corrected chi connectivity index (χ3v) is 8.66. The first-order chi connectivity index (χ1) is 8.27. The van der Waals surface area contributed by atoms with Crippen LogP contribution in [0.25, 0.3) is 0 Å². The molecule has 1 N–H and O–H groups in total. The molecule has 2 aliphatic heterocycles. The van der Waals surface area contributed by atoms with E-state index in [9.17, 15) is 0 Å². The fourth-order valence-corrected chi connectivity index (χ4v) is 7.24. The number of nitrogens with one attached hydrogen (secondary N) is 1. The van der Waals surface area contributed by atoms with Crippen LogP contribution in [0.1, 0.15) is 17.5 Å². The Balaban J connectivity index is 2.00. The minimum absolute atomic E-state index is 1.08. The summed E-state index contributed by atoms with van der Waals surface area (Å²) in [4.78, 5) is 7.38. The summed E-state index contributed by atoms with van der Waals surface area (Å²) in [5.74, 6) is 0. The van der Waals surface area contributed by atoms with Gasteiger partial charge in [-0.15, -0.1) is 0 Å². The van der Waals surface area contributed by atoms with Gasteiger partial charge in [0.05, 0.1) is 0 Å². The summed E-state index contributed by atoms with van der Waals surface area (Å²) in [6.07, 6.45) is 1.12. The molecule has 1 aromatic rings. The zero-order valence-electron chi connectivity index (χ0n) is 10.3. The van der Waals surface area contributed by atoms with E-state index in [4.69, 9.17) is 4.99 Å². The van der Waals surface area contributed by atoms with Crippen LogP contribution in [-0.4, -0.2) is 21.7 Å². The maximum absolute atomic E-state index is 4.95. The van der Waals surface area contributed by atoms with Crippen molar-refractivity contribution in [2.45, 2.75) is 13.3 Å². The summed E-state index contributed by atoms with van der Waals surface area (Å²) in [6, 6.07) is 8.66. The number of benzene rings is 1. The SMILES string of the molecule is Cc1ccccc1C1=NC2=C(CNCC2)I1C. The molecule has 1 aromatic carbocycles. The Kier molecular flexibility index (Phi) is 3.04. The van der Waals surface area contributed by atoms with Crippen molar-refractivity contribution in [1.82, 2.24) is 5.32 Å². The van der Waals surface area contributed by atoms with Crippen molar-refractivity contribution in [2.75, 3.05) is 18.0 Å². The van der Waals surface area contributed by atoms with Gasteiger partial charge in [0.15, 0.2) is 0 Å². The number of aliphatic imine (C=N–C) groups is 1. The molecule has 0 saturated heterocycles. The summed E-state index contributed by atoms with van der Waals surface area (Å²) in [5.41, 5.74) is 4.15. The van der Waals surface area contributed by atoms with E-state index in [2.05, 4.69) is 41.4 Å². The second-order valence-electron chi connectivity index (χ2n) is 4.47. The molecule has 0 atom stereocenters. The monoisotopic (exact) mass is 340 g/mol. The zero-order chi connectivity index (χ0) is 11.8. The summed E-state index contributed by atoms with van der Waals surface area (Å²) < 4.78 is 3.07. The van der Waals surface area contributed by atoms with Gasteiger partial charge in [-0.25, -0.2) is 0 Å². The Morgan fingerprint density at radius 1 is 1.29 bits per heavy atom. The van der Waals surface area contributed by atoms with Gasteiger partial charge in [-0.1, -0.05) is 0 Å². The number of hydrogen-bond acceptors (Lipinski definition) is 2. The van der Waals surface area contributed by atoms with Gasteiger partial charge in [0.2, 0.25) is 0 Å². The van der Waals surface area contributed by atoms with Crippen LogP contribution in [0.4, 0.5) is 0 Å². The Bertz CT molecular complexity index is 517. The molecule has 2 aliphatic rings. The molecule has 2 heterocycles. The third-order valence-electron chi connectivity index (χ3n) is 3.34. The number of rotatable bonds is 1. The van der Waals surface area contributed by atoms with Crippen LogP contribution < -0.4 is 5.32 Å². The van der Waals surface area contributed by atoms with E-state index in [1.165, 1.54) is 20.5 Å². The van der Waals surface area contributed by atoms with Crippen molar-refractivity contribution in [3.8, 4) is 0 Å². The molecule has 3 rings (SSSR count). The molecule has 0 amide bonds. The summed E-state index contributed by atoms with van der Waals surface area (Å²) >= 11 is -1.18. The topological polar surface area (TPSA) is 24.4 Å². The van der Waals surface area contributed by atoms with E-state index < -0.39 is 19.8 Å². The van der Waals surface area contributed by atoms with Gasteiger partial charge in [-0.05, 0) is 0 Å². The van der Waals surface area contributed by atoms with Crippen LogP contribution in [-0.2, 0) is 0 Å². The minimum atomic E-state index is -1.18. The van der Waals surface area contributed by atoms with E-state index >= 15 is 0 Å². The molecule has 0 bridgehead atoms. The van der Waals surface area contributed by atoms with E-state index in [-0.39, 0.29) is 0 Å². The van der Waals surface area contributed by atoms with Gasteiger partial charge in [0, 0.05) is 0 Å². The van der Waals surface area contributed by atoms with Gasteiger partial charge in [-0.3, -0.25) is 0 Å². The van der Waals surface area contributed by atoms with Crippen LogP contribution in [0, 0.1) is 6.92 Å². The summed E-state index contributed by atoms with van der Waals surface area (Å²) in [7, 11) is 0. The predicted molar refractivity (Wildman–Crippen MR) is 82.2 cm³/mol. The number of aryl methyl sites for hydroxylation is 1. The Hall–Kier alpha value is -0.680. The molecule has 0 radical (unpaired) electrons. The molecule has 3 heteroatoms. The number of alkyl halides is 1. The number of hydrogen-bond donors (Lipinski definition) is 1. The van der Waals surface area contributed by atoms with Crippen molar-refractivity contribution in [3.05, 3.63) is 44.7 Å². The Morgan fingerprint density at radius 2 is 2.12 bits per heavy atom. The molecule has 0 spiro atoms. The van der Waals surface area contributed by atoms with E-state index in [1.807, 2.05) is 0 Å². The van der Waals surface area contributed by atoms with Gasteiger partial charge in [0.1, 0.15) is 0 Å². The van der Waals surface area contributed by atoms with E-state index in [0.29, 0.717) is 0 Å². The first-order valence-electron chi connectivity index (χ1n) is 5.94. The Labute approximate surface area is 110 Å².